The van der Waals surface area contributed by atoms with Crippen LogP contribution in [-0.4, -0.2) is 64.0 Å². The largest absolute Gasteiger partial charge is 0.395 e. The zero-order chi connectivity index (χ0) is 19.9. The Bertz CT molecular complexity index is 789. The van der Waals surface area contributed by atoms with Crippen LogP contribution in [0.5, 0.6) is 0 Å². The summed E-state index contributed by atoms with van der Waals surface area (Å²) in [5.74, 6) is -1.44. The molecule has 28 heavy (non-hydrogen) atoms. The van der Waals surface area contributed by atoms with Gasteiger partial charge in [0.1, 0.15) is 6.04 Å². The van der Waals surface area contributed by atoms with E-state index in [9.17, 15) is 19.5 Å². The summed E-state index contributed by atoms with van der Waals surface area (Å²) in [6.07, 6.45) is 1.56. The summed E-state index contributed by atoms with van der Waals surface area (Å²) in [4.78, 5) is 40.4. The lowest BCUT2D eigenvalue weighted by atomic mass is 9.71. The van der Waals surface area contributed by atoms with Gasteiger partial charge in [0.05, 0.1) is 23.2 Å². The van der Waals surface area contributed by atoms with Crippen LogP contribution in [0.2, 0.25) is 0 Å². The van der Waals surface area contributed by atoms with Crippen molar-refractivity contribution in [2.24, 2.45) is 11.8 Å². The predicted octanol–water partition coefficient (Wildman–Crippen LogP) is 0.132. The van der Waals surface area contributed by atoms with Crippen LogP contribution in [0.4, 0.5) is 0 Å². The molecule has 0 radical (unpaired) electrons. The maximum atomic E-state index is 13.2. The van der Waals surface area contributed by atoms with Crippen LogP contribution in [0.15, 0.2) is 30.3 Å². The van der Waals surface area contributed by atoms with E-state index in [1.165, 1.54) is 4.90 Å². The number of likely N-dealkylation sites (tertiary alicyclic amines) is 1. The summed E-state index contributed by atoms with van der Waals surface area (Å²) in [6.45, 7) is 0.271. The normalized spacial score (nSPS) is 33.1. The zero-order valence-corrected chi connectivity index (χ0v) is 16.6. The number of rotatable bonds is 6. The Morgan fingerprint density at radius 3 is 2.71 bits per heavy atom. The second-order valence-corrected chi connectivity index (χ2v) is 9.23. The van der Waals surface area contributed by atoms with E-state index in [0.717, 1.165) is 18.4 Å². The minimum absolute atomic E-state index is 0.0644. The molecule has 3 aliphatic heterocycles. The second-order valence-electron chi connectivity index (χ2n) is 7.63. The molecule has 1 spiro atoms. The van der Waals surface area contributed by atoms with E-state index in [0.29, 0.717) is 6.54 Å². The highest BCUT2D eigenvalue weighted by atomic mass is 32.2. The number of nitrogens with one attached hydrogen (secondary N) is 2. The van der Waals surface area contributed by atoms with Crippen molar-refractivity contribution in [3.63, 3.8) is 0 Å². The Hall–Kier alpha value is -2.06. The third kappa shape index (κ3) is 2.81. The van der Waals surface area contributed by atoms with Gasteiger partial charge in [-0.2, -0.15) is 0 Å². The van der Waals surface area contributed by atoms with Gasteiger partial charge in [-0.25, -0.2) is 0 Å². The fourth-order valence-corrected chi connectivity index (χ4v) is 7.37. The maximum absolute atomic E-state index is 13.2. The molecule has 8 heteroatoms. The second kappa shape index (κ2) is 7.40. The number of amides is 3. The van der Waals surface area contributed by atoms with Crippen LogP contribution in [0.3, 0.4) is 0 Å². The first-order chi connectivity index (χ1) is 13.5. The van der Waals surface area contributed by atoms with Crippen LogP contribution < -0.4 is 10.6 Å². The predicted molar refractivity (Wildman–Crippen MR) is 105 cm³/mol. The van der Waals surface area contributed by atoms with Crippen molar-refractivity contribution in [3.05, 3.63) is 35.9 Å². The number of carbonyl (C=O) groups excluding carboxylic acids is 3. The number of aliphatic hydroxyl groups excluding tert-OH is 1. The highest BCUT2D eigenvalue weighted by molar-refractivity contribution is 8.02. The first-order valence-electron chi connectivity index (χ1n) is 9.66. The van der Waals surface area contributed by atoms with Crippen LogP contribution >= 0.6 is 11.8 Å². The van der Waals surface area contributed by atoms with Gasteiger partial charge in [0.25, 0.3) is 0 Å². The molecular weight excluding hydrogens is 378 g/mol. The molecule has 3 N–H and O–H groups in total. The number of carbonyl (C=O) groups is 3. The van der Waals surface area contributed by atoms with Gasteiger partial charge >= 0.3 is 0 Å². The first-order valence-corrected chi connectivity index (χ1v) is 10.5. The summed E-state index contributed by atoms with van der Waals surface area (Å²) < 4.78 is -0.588. The molecule has 1 aromatic rings. The average molecular weight is 404 g/mol. The molecule has 0 aromatic heterocycles. The Balaban J connectivity index is 1.62. The fourth-order valence-electron chi connectivity index (χ4n) is 5.15. The van der Waals surface area contributed by atoms with Crippen molar-refractivity contribution >= 4 is 29.5 Å². The molecule has 3 amide bonds. The van der Waals surface area contributed by atoms with Crippen LogP contribution in [0, 0.1) is 11.8 Å². The van der Waals surface area contributed by atoms with Crippen LogP contribution in [0.1, 0.15) is 18.4 Å². The van der Waals surface area contributed by atoms with Gasteiger partial charge in [-0.05, 0) is 18.4 Å². The number of benzene rings is 1. The first kappa shape index (κ1) is 19.3. The summed E-state index contributed by atoms with van der Waals surface area (Å²) >= 11 is 1.63. The van der Waals surface area contributed by atoms with Crippen molar-refractivity contribution in [1.82, 2.24) is 15.5 Å². The maximum Gasteiger partial charge on any atom is 0.244 e. The quantitative estimate of drug-likeness (QED) is 0.627. The lowest BCUT2D eigenvalue weighted by molar-refractivity contribution is -0.140. The number of aliphatic hydroxyl groups is 1. The monoisotopic (exact) mass is 403 g/mol. The van der Waals surface area contributed by atoms with Crippen molar-refractivity contribution in [2.75, 3.05) is 20.2 Å². The smallest absolute Gasteiger partial charge is 0.244 e. The van der Waals surface area contributed by atoms with E-state index in [4.69, 9.17) is 0 Å². The summed E-state index contributed by atoms with van der Waals surface area (Å²) in [7, 11) is 1.58. The molecule has 3 saturated heterocycles. The molecule has 3 fully saturated rings. The number of β-amino-alcohol motifs (C(OH)–C–C–N with tert-alkyl or cyclic N) is 1. The summed E-state index contributed by atoms with van der Waals surface area (Å²) in [5.41, 5.74) is 0.981. The van der Waals surface area contributed by atoms with Gasteiger partial charge in [-0.3, -0.25) is 14.4 Å². The van der Waals surface area contributed by atoms with Crippen molar-refractivity contribution in [2.45, 2.75) is 35.4 Å². The van der Waals surface area contributed by atoms with Gasteiger partial charge in [-0.1, -0.05) is 30.3 Å². The number of fused-ring (bicyclic) bond motifs is 1. The van der Waals surface area contributed by atoms with E-state index in [1.54, 1.807) is 18.8 Å². The van der Waals surface area contributed by atoms with E-state index in [-0.39, 0.29) is 36.1 Å². The Labute approximate surface area is 168 Å². The van der Waals surface area contributed by atoms with Gasteiger partial charge in [0, 0.05) is 25.4 Å². The standard InChI is InChI=1S/C20H25N3O4S/c1-21-17(25)14-13-7-8-20(28-13)15(14)19(27)23(9-10-24)16(20)18(26)22-11-12-5-3-2-4-6-12/h2-6,13-16,24H,7-11H2,1H3,(H,21,25)(H,22,26)/t13-,14+,15+,16?,20?/m1/s1. The fraction of sp³-hybridized carbons (Fsp3) is 0.550. The highest BCUT2D eigenvalue weighted by Crippen LogP contribution is 2.66. The Kier molecular flexibility index (Phi) is 5.09. The molecule has 7 nitrogen and oxygen atoms in total. The van der Waals surface area contributed by atoms with E-state index in [1.807, 2.05) is 30.3 Å². The van der Waals surface area contributed by atoms with Gasteiger partial charge < -0.3 is 20.6 Å². The van der Waals surface area contributed by atoms with Gasteiger partial charge in [0.2, 0.25) is 17.7 Å². The molecule has 2 unspecified atom stereocenters. The molecule has 4 rings (SSSR count). The van der Waals surface area contributed by atoms with Crippen LogP contribution in [0.25, 0.3) is 0 Å². The molecule has 3 heterocycles. The molecule has 1 aromatic carbocycles. The SMILES string of the molecule is CNC(=O)[C@@H]1[C@H]2C(=O)N(CCO)C(C(=O)NCc3ccccc3)C23CC[C@H]1S3. The molecule has 5 atom stereocenters. The summed E-state index contributed by atoms with van der Waals surface area (Å²) in [5, 5.41) is 15.2. The lowest BCUT2D eigenvalue weighted by Crippen LogP contribution is -2.53. The number of hydrogen-bond acceptors (Lipinski definition) is 5. The van der Waals surface area contributed by atoms with Gasteiger partial charge in [0.15, 0.2) is 0 Å². The molecule has 150 valence electrons. The molecule has 2 bridgehead atoms. The molecule has 3 aliphatic rings. The van der Waals surface area contributed by atoms with Crippen LogP contribution in [-0.2, 0) is 20.9 Å². The number of hydrogen-bond donors (Lipinski definition) is 3. The number of nitrogens with zero attached hydrogens (tertiary/aromatic N) is 1. The molecule has 0 saturated carbocycles. The van der Waals surface area contributed by atoms with E-state index >= 15 is 0 Å². The number of thioether (sulfide) groups is 1. The Morgan fingerprint density at radius 2 is 2.04 bits per heavy atom. The Morgan fingerprint density at radius 1 is 1.29 bits per heavy atom. The summed E-state index contributed by atoms with van der Waals surface area (Å²) in [6, 6.07) is 8.95. The van der Waals surface area contributed by atoms with E-state index in [2.05, 4.69) is 10.6 Å². The van der Waals surface area contributed by atoms with Crippen molar-refractivity contribution in [1.29, 1.82) is 0 Å². The third-order valence-electron chi connectivity index (χ3n) is 6.25. The topological polar surface area (TPSA) is 98.7 Å². The molecule has 0 aliphatic carbocycles. The van der Waals surface area contributed by atoms with Gasteiger partial charge in [-0.15, -0.1) is 11.8 Å². The van der Waals surface area contributed by atoms with E-state index < -0.39 is 22.6 Å². The minimum atomic E-state index is -0.662. The lowest BCUT2D eigenvalue weighted by Gasteiger charge is -2.34. The van der Waals surface area contributed by atoms with Crippen molar-refractivity contribution in [3.8, 4) is 0 Å². The third-order valence-corrected chi connectivity index (χ3v) is 8.20. The van der Waals surface area contributed by atoms with Crippen molar-refractivity contribution < 1.29 is 19.5 Å². The average Bonchev–Trinajstić information content (AvgIpc) is 3.35. The molecular formula is C20H25N3O4S. The highest BCUT2D eigenvalue weighted by Gasteiger charge is 2.73. The zero-order valence-electron chi connectivity index (χ0n) is 15.8. The minimum Gasteiger partial charge on any atom is -0.395 e.